The van der Waals surface area contributed by atoms with E-state index in [-0.39, 0.29) is 0 Å². The Balaban J connectivity index is 2.21. The second kappa shape index (κ2) is 8.42. The van der Waals surface area contributed by atoms with Gasteiger partial charge >= 0.3 is 0 Å². The molecule has 0 saturated carbocycles. The molecule has 2 aromatic carbocycles. The lowest BCUT2D eigenvalue weighted by atomic mass is 10.0. The fourth-order valence-electron chi connectivity index (χ4n) is 3.07. The highest BCUT2D eigenvalue weighted by Gasteiger charge is 2.21. The number of aromatic amines is 1. The Labute approximate surface area is 166 Å². The summed E-state index contributed by atoms with van der Waals surface area (Å²) in [6.07, 6.45) is 1.34. The number of nitrogens with one attached hydrogen (secondary N) is 1. The van der Waals surface area contributed by atoms with Crippen molar-refractivity contribution in [1.82, 2.24) is 15.4 Å². The van der Waals surface area contributed by atoms with Crippen molar-refractivity contribution in [1.29, 1.82) is 0 Å². The van der Waals surface area contributed by atoms with Gasteiger partial charge in [0, 0.05) is 11.1 Å². The molecule has 0 radical (unpaired) electrons. The van der Waals surface area contributed by atoms with E-state index in [1.54, 1.807) is 24.3 Å². The van der Waals surface area contributed by atoms with Gasteiger partial charge in [-0.05, 0) is 24.3 Å². The number of hydrogen-bond donors (Lipinski definition) is 1. The van der Waals surface area contributed by atoms with Crippen LogP contribution in [0.4, 0.5) is 0 Å². The molecule has 0 unspecified atom stereocenters. The number of H-pyrrole nitrogens is 1. The van der Waals surface area contributed by atoms with Crippen LogP contribution >= 0.6 is 0 Å². The minimum atomic E-state index is 0.302. The number of aromatic nitrogens is 3. The number of nitrogens with zero attached hydrogens (tertiary/aromatic N) is 2. The summed E-state index contributed by atoms with van der Waals surface area (Å²) >= 11 is 0. The molecular weight excluding hydrogens is 378 g/mol. The van der Waals surface area contributed by atoms with Crippen molar-refractivity contribution < 1.29 is 28.5 Å². The number of methoxy groups -OCH3 is 4. The molecule has 1 aromatic heterocycles. The first-order chi connectivity index (χ1) is 14.1. The van der Waals surface area contributed by atoms with Gasteiger partial charge in [-0.15, -0.1) is 0 Å². The zero-order valence-corrected chi connectivity index (χ0v) is 16.3. The summed E-state index contributed by atoms with van der Waals surface area (Å²) in [5.41, 5.74) is 2.68. The molecule has 1 N–H and O–H groups in total. The highest BCUT2D eigenvalue weighted by molar-refractivity contribution is 5.90. The fraction of sp³-hybridized carbons (Fsp3) is 0.200. The molecule has 0 atom stereocenters. The summed E-state index contributed by atoms with van der Waals surface area (Å²) in [4.78, 5) is 23.0. The molecule has 0 fully saturated rings. The quantitative estimate of drug-likeness (QED) is 0.578. The Kier molecular flexibility index (Phi) is 5.77. The maximum Gasteiger partial charge on any atom is 0.171 e. The van der Waals surface area contributed by atoms with Gasteiger partial charge in [0.1, 0.15) is 11.4 Å². The lowest BCUT2D eigenvalue weighted by molar-refractivity contribution is 0.111. The van der Waals surface area contributed by atoms with Gasteiger partial charge in [0.25, 0.3) is 0 Å². The average Bonchev–Trinajstić information content (AvgIpc) is 3.26. The second-order valence-corrected chi connectivity index (χ2v) is 5.86. The van der Waals surface area contributed by atoms with Crippen LogP contribution in [-0.4, -0.2) is 56.4 Å². The van der Waals surface area contributed by atoms with E-state index in [1.807, 2.05) is 0 Å². The highest BCUT2D eigenvalue weighted by Crippen LogP contribution is 2.40. The monoisotopic (exact) mass is 397 g/mol. The normalized spacial score (nSPS) is 10.3. The van der Waals surface area contributed by atoms with Crippen LogP contribution < -0.4 is 18.9 Å². The molecule has 0 spiro atoms. The Morgan fingerprint density at radius 3 is 1.41 bits per heavy atom. The molecule has 0 saturated heterocycles. The van der Waals surface area contributed by atoms with Crippen LogP contribution in [0.5, 0.6) is 23.0 Å². The Morgan fingerprint density at radius 2 is 1.10 bits per heavy atom. The van der Waals surface area contributed by atoms with Crippen molar-refractivity contribution in [3.05, 3.63) is 35.4 Å². The maximum absolute atomic E-state index is 11.5. The van der Waals surface area contributed by atoms with E-state index in [0.717, 1.165) is 0 Å². The van der Waals surface area contributed by atoms with E-state index in [2.05, 4.69) is 15.4 Å². The van der Waals surface area contributed by atoms with E-state index >= 15 is 0 Å². The first-order valence-corrected chi connectivity index (χ1v) is 8.45. The van der Waals surface area contributed by atoms with Crippen LogP contribution in [0.3, 0.4) is 0 Å². The van der Waals surface area contributed by atoms with E-state index < -0.39 is 0 Å². The molecule has 3 rings (SSSR count). The molecular formula is C20H19N3O6. The van der Waals surface area contributed by atoms with Crippen molar-refractivity contribution in [3.8, 4) is 45.5 Å². The number of carbonyl (C=O) groups is 2. The van der Waals surface area contributed by atoms with E-state index in [0.29, 0.717) is 69.2 Å². The minimum Gasteiger partial charge on any atom is -0.493 e. The standard InChI is InChI=1S/C20H19N3O6/c1-26-15-7-11(5-13(9-24)19(15)28-3)17-18(22-23-21-17)12-6-14(10-25)20(29-4)16(8-12)27-2/h5-10H,1-4H3,(H,21,22,23). The zero-order chi connectivity index (χ0) is 21.0. The summed E-state index contributed by atoms with van der Waals surface area (Å²) in [7, 11) is 5.86. The number of rotatable bonds is 8. The van der Waals surface area contributed by atoms with Crippen LogP contribution in [0, 0.1) is 0 Å². The molecule has 1 heterocycles. The van der Waals surface area contributed by atoms with Crippen molar-refractivity contribution in [3.63, 3.8) is 0 Å². The molecule has 29 heavy (non-hydrogen) atoms. The van der Waals surface area contributed by atoms with E-state index in [9.17, 15) is 9.59 Å². The number of benzene rings is 2. The predicted octanol–water partition coefficient (Wildman–Crippen LogP) is 2.80. The van der Waals surface area contributed by atoms with Crippen LogP contribution in [0.15, 0.2) is 24.3 Å². The molecule has 9 heteroatoms. The lowest BCUT2D eigenvalue weighted by Gasteiger charge is -2.13. The SMILES string of the molecule is COc1cc(-c2n[nH]nc2-c2cc(C=O)c(OC)c(OC)c2)cc(C=O)c1OC. The first-order valence-electron chi connectivity index (χ1n) is 8.45. The molecule has 9 nitrogen and oxygen atoms in total. The number of carbonyl (C=O) groups excluding carboxylic acids is 2. The van der Waals surface area contributed by atoms with Gasteiger partial charge in [0.05, 0.1) is 39.6 Å². The van der Waals surface area contributed by atoms with E-state index in [4.69, 9.17) is 18.9 Å². The molecule has 0 aliphatic heterocycles. The number of hydrogen-bond acceptors (Lipinski definition) is 8. The van der Waals surface area contributed by atoms with Gasteiger partial charge in [-0.1, -0.05) is 0 Å². The Hall–Kier alpha value is -3.88. The third-order valence-electron chi connectivity index (χ3n) is 4.36. The first kappa shape index (κ1) is 19.9. The largest absolute Gasteiger partial charge is 0.493 e. The van der Waals surface area contributed by atoms with Gasteiger partial charge in [-0.25, -0.2) is 0 Å². The van der Waals surface area contributed by atoms with Gasteiger partial charge in [0.2, 0.25) is 0 Å². The van der Waals surface area contributed by atoms with E-state index in [1.165, 1.54) is 28.4 Å². The number of aldehydes is 2. The number of ether oxygens (including phenoxy) is 4. The van der Waals surface area contributed by atoms with Gasteiger partial charge < -0.3 is 18.9 Å². The predicted molar refractivity (Wildman–Crippen MR) is 104 cm³/mol. The zero-order valence-electron chi connectivity index (χ0n) is 16.3. The molecule has 3 aromatic rings. The summed E-state index contributed by atoms with van der Waals surface area (Å²) in [5, 5.41) is 11.0. The average molecular weight is 397 g/mol. The summed E-state index contributed by atoms with van der Waals surface area (Å²) in [5.74, 6) is 1.40. The molecule has 0 aliphatic rings. The molecule has 0 amide bonds. The molecule has 0 bridgehead atoms. The van der Waals surface area contributed by atoms with Crippen LogP contribution in [0.1, 0.15) is 20.7 Å². The Morgan fingerprint density at radius 1 is 0.690 bits per heavy atom. The van der Waals surface area contributed by atoms with Crippen molar-refractivity contribution in [2.24, 2.45) is 0 Å². The topological polar surface area (TPSA) is 113 Å². The van der Waals surface area contributed by atoms with Gasteiger partial charge in [-0.3, -0.25) is 9.59 Å². The van der Waals surface area contributed by atoms with Crippen LogP contribution in [-0.2, 0) is 0 Å². The summed E-state index contributed by atoms with van der Waals surface area (Å²) in [6, 6.07) is 6.62. The van der Waals surface area contributed by atoms with Crippen molar-refractivity contribution in [2.75, 3.05) is 28.4 Å². The van der Waals surface area contributed by atoms with Crippen molar-refractivity contribution in [2.45, 2.75) is 0 Å². The smallest absolute Gasteiger partial charge is 0.171 e. The van der Waals surface area contributed by atoms with Crippen LogP contribution in [0.25, 0.3) is 22.5 Å². The maximum atomic E-state index is 11.5. The minimum absolute atomic E-state index is 0.302. The van der Waals surface area contributed by atoms with Gasteiger partial charge in [0.15, 0.2) is 35.6 Å². The van der Waals surface area contributed by atoms with Crippen molar-refractivity contribution >= 4 is 12.6 Å². The fourth-order valence-corrected chi connectivity index (χ4v) is 3.07. The summed E-state index contributed by atoms with van der Waals surface area (Å²) < 4.78 is 21.2. The molecule has 150 valence electrons. The molecule has 0 aliphatic carbocycles. The third-order valence-corrected chi connectivity index (χ3v) is 4.36. The van der Waals surface area contributed by atoms with Crippen LogP contribution in [0.2, 0.25) is 0 Å². The van der Waals surface area contributed by atoms with Gasteiger partial charge in [-0.2, -0.15) is 15.4 Å². The highest BCUT2D eigenvalue weighted by atomic mass is 16.5. The second-order valence-electron chi connectivity index (χ2n) is 5.86. The Bertz CT molecular complexity index is 979. The third kappa shape index (κ3) is 3.49. The lowest BCUT2D eigenvalue weighted by Crippen LogP contribution is -1.98. The summed E-state index contributed by atoms with van der Waals surface area (Å²) in [6.45, 7) is 0.